The topological polar surface area (TPSA) is 101 Å². The first kappa shape index (κ1) is 25.2. The molecule has 1 saturated heterocycles. The van der Waals surface area contributed by atoms with Gasteiger partial charge in [0.15, 0.2) is 5.78 Å². The zero-order valence-corrected chi connectivity index (χ0v) is 20.5. The first-order chi connectivity index (χ1) is 17.1. The summed E-state index contributed by atoms with van der Waals surface area (Å²) in [5, 5.41) is 3.52. The van der Waals surface area contributed by atoms with Gasteiger partial charge in [-0.15, -0.1) is 0 Å². The van der Waals surface area contributed by atoms with E-state index >= 15 is 0 Å². The van der Waals surface area contributed by atoms with Crippen molar-refractivity contribution in [3.8, 4) is 0 Å². The smallest absolute Gasteiger partial charge is 0.410 e. The molecule has 4 rings (SSSR count). The standard InChI is InChI=1S/C27H30FN3O5/c1-27(2,3)36-26(34)31-15-19(32)12-24(31)22(21-13-29-23-11-18(28)9-10-20(21)23)14-30-25(33)35-16-17-7-5-4-6-8-17/h4-11,13,22,24,29H,12,14-16H2,1-3H3,(H,30,33)/t22-,24?/m1/s1. The lowest BCUT2D eigenvalue weighted by Crippen LogP contribution is -2.45. The lowest BCUT2D eigenvalue weighted by Gasteiger charge is -2.32. The Morgan fingerprint density at radius 3 is 2.67 bits per heavy atom. The molecule has 1 aliphatic rings. The van der Waals surface area contributed by atoms with Crippen LogP contribution >= 0.6 is 0 Å². The van der Waals surface area contributed by atoms with Crippen molar-refractivity contribution in [2.45, 2.75) is 51.4 Å². The van der Waals surface area contributed by atoms with Gasteiger partial charge in [-0.25, -0.2) is 14.0 Å². The van der Waals surface area contributed by atoms with E-state index in [1.54, 1.807) is 33.0 Å². The predicted octanol–water partition coefficient (Wildman–Crippen LogP) is 4.90. The Morgan fingerprint density at radius 1 is 1.19 bits per heavy atom. The van der Waals surface area contributed by atoms with E-state index in [4.69, 9.17) is 9.47 Å². The van der Waals surface area contributed by atoms with E-state index in [1.807, 2.05) is 30.3 Å². The van der Waals surface area contributed by atoms with Crippen LogP contribution in [0.15, 0.2) is 54.7 Å². The third-order valence-electron chi connectivity index (χ3n) is 6.03. The number of hydrogen-bond donors (Lipinski definition) is 2. The number of rotatable bonds is 6. The van der Waals surface area contributed by atoms with Gasteiger partial charge < -0.3 is 19.8 Å². The summed E-state index contributed by atoms with van der Waals surface area (Å²) in [6.45, 7) is 5.39. The number of ketones is 1. The normalized spacial score (nSPS) is 16.7. The summed E-state index contributed by atoms with van der Waals surface area (Å²) < 4.78 is 24.7. The third-order valence-corrected chi connectivity index (χ3v) is 6.03. The fourth-order valence-corrected chi connectivity index (χ4v) is 4.44. The highest BCUT2D eigenvalue weighted by molar-refractivity contribution is 5.89. The molecule has 2 heterocycles. The number of benzene rings is 2. The molecule has 190 valence electrons. The van der Waals surface area contributed by atoms with Gasteiger partial charge in [-0.05, 0) is 50.1 Å². The summed E-state index contributed by atoms with van der Waals surface area (Å²) in [5.74, 6) is -0.970. The number of aromatic nitrogens is 1. The number of nitrogens with zero attached hydrogens (tertiary/aromatic N) is 1. The number of carbonyl (C=O) groups is 3. The number of likely N-dealkylation sites (tertiary alicyclic amines) is 1. The van der Waals surface area contributed by atoms with E-state index in [1.165, 1.54) is 17.0 Å². The SMILES string of the molecule is CC(C)(C)OC(=O)N1CC(=O)CC1[C@H](CNC(=O)OCc1ccccc1)c1c[nH]c2cc(F)ccc12. The number of halogens is 1. The molecule has 9 heteroatoms. The van der Waals surface area contributed by atoms with Crippen molar-refractivity contribution in [3.63, 3.8) is 0 Å². The van der Waals surface area contributed by atoms with Crippen LogP contribution in [0, 0.1) is 5.82 Å². The molecule has 0 saturated carbocycles. The predicted molar refractivity (Wildman–Crippen MR) is 132 cm³/mol. The van der Waals surface area contributed by atoms with Gasteiger partial charge in [-0.3, -0.25) is 9.69 Å². The van der Waals surface area contributed by atoms with E-state index in [0.717, 1.165) is 16.5 Å². The number of fused-ring (bicyclic) bond motifs is 1. The van der Waals surface area contributed by atoms with Crippen LogP contribution in [0.1, 0.15) is 44.2 Å². The summed E-state index contributed by atoms with van der Waals surface area (Å²) in [6.07, 6.45) is 0.615. The van der Waals surface area contributed by atoms with Crippen molar-refractivity contribution in [3.05, 3.63) is 71.7 Å². The molecule has 1 aliphatic heterocycles. The van der Waals surface area contributed by atoms with Crippen molar-refractivity contribution >= 4 is 28.9 Å². The molecule has 36 heavy (non-hydrogen) atoms. The summed E-state index contributed by atoms with van der Waals surface area (Å²) in [4.78, 5) is 42.5. The molecule has 2 N–H and O–H groups in total. The van der Waals surface area contributed by atoms with Crippen LogP contribution in [-0.4, -0.2) is 52.6 Å². The number of hydrogen-bond acceptors (Lipinski definition) is 5. The second-order valence-electron chi connectivity index (χ2n) is 9.90. The maximum atomic E-state index is 13.8. The number of H-pyrrole nitrogens is 1. The van der Waals surface area contributed by atoms with Crippen LogP contribution in [0.2, 0.25) is 0 Å². The summed E-state index contributed by atoms with van der Waals surface area (Å²) in [5.41, 5.74) is 1.44. The van der Waals surface area contributed by atoms with E-state index in [-0.39, 0.29) is 37.7 Å². The Bertz CT molecular complexity index is 1250. The molecule has 1 aromatic heterocycles. The van der Waals surface area contributed by atoms with Crippen molar-refractivity contribution < 1.29 is 28.2 Å². The second-order valence-corrected chi connectivity index (χ2v) is 9.90. The van der Waals surface area contributed by atoms with Gasteiger partial charge in [0.25, 0.3) is 0 Å². The summed E-state index contributed by atoms with van der Waals surface area (Å²) in [7, 11) is 0. The van der Waals surface area contributed by atoms with E-state index in [2.05, 4.69) is 10.3 Å². The van der Waals surface area contributed by atoms with Crippen LogP contribution in [0.25, 0.3) is 10.9 Å². The Kier molecular flexibility index (Phi) is 7.28. The number of carbonyl (C=O) groups excluding carboxylic acids is 3. The molecule has 0 spiro atoms. The molecule has 2 aromatic carbocycles. The number of Topliss-reactive ketones (excluding diaryl/α,β-unsaturated/α-hetero) is 1. The maximum absolute atomic E-state index is 13.8. The highest BCUT2D eigenvalue weighted by atomic mass is 19.1. The molecule has 0 radical (unpaired) electrons. The number of amides is 2. The average Bonchev–Trinajstić information content (AvgIpc) is 3.41. The number of nitrogens with one attached hydrogen (secondary N) is 2. The first-order valence-electron chi connectivity index (χ1n) is 11.8. The molecule has 3 aromatic rings. The molecule has 8 nitrogen and oxygen atoms in total. The fraction of sp³-hybridized carbons (Fsp3) is 0.370. The number of aromatic amines is 1. The van der Waals surface area contributed by atoms with Gasteiger partial charge >= 0.3 is 12.2 Å². The minimum Gasteiger partial charge on any atom is -0.445 e. The Morgan fingerprint density at radius 2 is 1.94 bits per heavy atom. The van der Waals surface area contributed by atoms with Crippen LogP contribution < -0.4 is 5.32 Å². The van der Waals surface area contributed by atoms with Gasteiger partial charge in [-0.2, -0.15) is 0 Å². The highest BCUT2D eigenvalue weighted by Crippen LogP contribution is 2.35. The van der Waals surface area contributed by atoms with Gasteiger partial charge in [0.05, 0.1) is 12.6 Å². The summed E-state index contributed by atoms with van der Waals surface area (Å²) >= 11 is 0. The molecule has 1 unspecified atom stereocenters. The Hall–Kier alpha value is -3.88. The number of ether oxygens (including phenoxy) is 2. The van der Waals surface area contributed by atoms with Gasteiger partial charge in [0.2, 0.25) is 0 Å². The Labute approximate surface area is 208 Å². The molecule has 0 aliphatic carbocycles. The van der Waals surface area contributed by atoms with Crippen molar-refractivity contribution in [1.29, 1.82) is 0 Å². The van der Waals surface area contributed by atoms with Crippen LogP contribution in [0.3, 0.4) is 0 Å². The lowest BCUT2D eigenvalue weighted by atomic mass is 9.89. The van der Waals surface area contributed by atoms with Crippen molar-refractivity contribution in [2.24, 2.45) is 0 Å². The Balaban J connectivity index is 1.58. The highest BCUT2D eigenvalue weighted by Gasteiger charge is 2.42. The van der Waals surface area contributed by atoms with Crippen LogP contribution in [0.4, 0.5) is 14.0 Å². The molecule has 2 amide bonds. The minimum absolute atomic E-state index is 0.0779. The van der Waals surface area contributed by atoms with Gasteiger partial charge in [0, 0.05) is 36.0 Å². The van der Waals surface area contributed by atoms with Crippen molar-refractivity contribution in [2.75, 3.05) is 13.1 Å². The van der Waals surface area contributed by atoms with E-state index in [9.17, 15) is 18.8 Å². The quantitative estimate of drug-likeness (QED) is 0.507. The maximum Gasteiger partial charge on any atom is 0.410 e. The first-order valence-corrected chi connectivity index (χ1v) is 11.8. The van der Waals surface area contributed by atoms with Gasteiger partial charge in [0.1, 0.15) is 18.0 Å². The average molecular weight is 496 g/mol. The molecule has 1 fully saturated rings. The third kappa shape index (κ3) is 6.02. The molecule has 2 atom stereocenters. The largest absolute Gasteiger partial charge is 0.445 e. The lowest BCUT2D eigenvalue weighted by molar-refractivity contribution is -0.117. The monoisotopic (exact) mass is 495 g/mol. The van der Waals surface area contributed by atoms with Crippen LogP contribution in [0.5, 0.6) is 0 Å². The second kappa shape index (κ2) is 10.4. The van der Waals surface area contributed by atoms with E-state index < -0.39 is 29.7 Å². The van der Waals surface area contributed by atoms with Crippen molar-refractivity contribution in [1.82, 2.24) is 15.2 Å². The molecular weight excluding hydrogens is 465 g/mol. The fourth-order valence-electron chi connectivity index (χ4n) is 4.44. The van der Waals surface area contributed by atoms with Crippen LogP contribution in [-0.2, 0) is 20.9 Å². The minimum atomic E-state index is -0.736. The molecule has 0 bridgehead atoms. The number of alkyl carbamates (subject to hydrolysis) is 1. The van der Waals surface area contributed by atoms with Gasteiger partial charge in [-0.1, -0.05) is 30.3 Å². The zero-order chi connectivity index (χ0) is 25.9. The zero-order valence-electron chi connectivity index (χ0n) is 20.5. The van der Waals surface area contributed by atoms with E-state index in [0.29, 0.717) is 5.52 Å². The molecular formula is C27H30FN3O5. The summed E-state index contributed by atoms with van der Waals surface area (Å²) in [6, 6.07) is 13.1.